The Balaban J connectivity index is 1.85. The summed E-state index contributed by atoms with van der Waals surface area (Å²) in [5.74, 6) is -0.544. The van der Waals surface area contributed by atoms with Crippen molar-refractivity contribution in [3.63, 3.8) is 0 Å². The fraction of sp³-hybridized carbons (Fsp3) is 0.235. The van der Waals surface area contributed by atoms with Crippen LogP contribution < -0.4 is 5.73 Å². The van der Waals surface area contributed by atoms with Crippen molar-refractivity contribution in [2.24, 2.45) is 5.73 Å². The molecule has 0 spiro atoms. The largest absolute Gasteiger partial charge is 0.378 e. The summed E-state index contributed by atoms with van der Waals surface area (Å²) >= 11 is 0. The van der Waals surface area contributed by atoms with E-state index in [1.807, 2.05) is 0 Å². The quantitative estimate of drug-likeness (QED) is 0.926. The van der Waals surface area contributed by atoms with Crippen molar-refractivity contribution >= 4 is 11.8 Å². The van der Waals surface area contributed by atoms with Crippen LogP contribution in [0.3, 0.4) is 0 Å². The van der Waals surface area contributed by atoms with Crippen molar-refractivity contribution < 1.29 is 14.3 Å². The third kappa shape index (κ3) is 3.22. The Kier molecular flexibility index (Phi) is 4.34. The number of nitrogens with two attached hydrogens (primary N) is 1. The molecule has 1 fully saturated rings. The van der Waals surface area contributed by atoms with E-state index in [-0.39, 0.29) is 5.91 Å². The SMILES string of the molecule is NC(=O)c1cccnc1-c1ccc(C(=O)N2CCOCC2)cc1. The highest BCUT2D eigenvalue weighted by atomic mass is 16.5. The minimum atomic E-state index is -0.526. The average molecular weight is 311 g/mol. The fourth-order valence-corrected chi connectivity index (χ4v) is 2.55. The van der Waals surface area contributed by atoms with E-state index < -0.39 is 5.91 Å². The van der Waals surface area contributed by atoms with Gasteiger partial charge < -0.3 is 15.4 Å². The molecule has 3 rings (SSSR count). The van der Waals surface area contributed by atoms with Crippen LogP contribution in [0.1, 0.15) is 20.7 Å². The highest BCUT2D eigenvalue weighted by Gasteiger charge is 2.19. The van der Waals surface area contributed by atoms with E-state index in [1.165, 1.54) is 0 Å². The second kappa shape index (κ2) is 6.58. The zero-order chi connectivity index (χ0) is 16.2. The first-order chi connectivity index (χ1) is 11.2. The molecule has 1 aromatic carbocycles. The second-order valence-electron chi connectivity index (χ2n) is 5.25. The van der Waals surface area contributed by atoms with Gasteiger partial charge in [0.25, 0.3) is 11.8 Å². The maximum absolute atomic E-state index is 12.4. The van der Waals surface area contributed by atoms with Crippen molar-refractivity contribution in [3.8, 4) is 11.3 Å². The lowest BCUT2D eigenvalue weighted by Crippen LogP contribution is -2.40. The van der Waals surface area contributed by atoms with Crippen LogP contribution in [0.25, 0.3) is 11.3 Å². The zero-order valence-corrected chi connectivity index (χ0v) is 12.6. The number of benzene rings is 1. The van der Waals surface area contributed by atoms with Crippen LogP contribution in [0.15, 0.2) is 42.6 Å². The number of ether oxygens (including phenoxy) is 1. The molecule has 1 aliphatic rings. The molecule has 2 aromatic rings. The monoisotopic (exact) mass is 311 g/mol. The van der Waals surface area contributed by atoms with Gasteiger partial charge in [-0.05, 0) is 24.3 Å². The average Bonchev–Trinajstić information content (AvgIpc) is 2.62. The summed E-state index contributed by atoms with van der Waals surface area (Å²) < 4.78 is 5.25. The van der Waals surface area contributed by atoms with Gasteiger partial charge in [-0.25, -0.2) is 0 Å². The molecule has 0 unspecified atom stereocenters. The normalized spacial score (nSPS) is 14.5. The summed E-state index contributed by atoms with van der Waals surface area (Å²) in [6.45, 7) is 2.35. The van der Waals surface area contributed by atoms with Gasteiger partial charge in [0, 0.05) is 30.4 Å². The number of amides is 2. The van der Waals surface area contributed by atoms with Crippen LogP contribution in [-0.2, 0) is 4.74 Å². The number of aromatic nitrogens is 1. The molecule has 2 amide bonds. The smallest absolute Gasteiger partial charge is 0.254 e. The Morgan fingerprint density at radius 1 is 1.09 bits per heavy atom. The number of nitrogens with zero attached hydrogens (tertiary/aromatic N) is 2. The van der Waals surface area contributed by atoms with Gasteiger partial charge in [0.2, 0.25) is 0 Å². The second-order valence-corrected chi connectivity index (χ2v) is 5.25. The molecule has 0 saturated carbocycles. The van der Waals surface area contributed by atoms with E-state index in [0.29, 0.717) is 43.1 Å². The van der Waals surface area contributed by atoms with Gasteiger partial charge in [-0.3, -0.25) is 14.6 Å². The Hall–Kier alpha value is -2.73. The van der Waals surface area contributed by atoms with Gasteiger partial charge in [0.1, 0.15) is 0 Å². The lowest BCUT2D eigenvalue weighted by molar-refractivity contribution is 0.0303. The number of hydrogen-bond donors (Lipinski definition) is 1. The molecule has 0 bridgehead atoms. The summed E-state index contributed by atoms with van der Waals surface area (Å²) in [5.41, 5.74) is 7.61. The van der Waals surface area contributed by atoms with Gasteiger partial charge in [-0.1, -0.05) is 12.1 Å². The number of hydrogen-bond acceptors (Lipinski definition) is 4. The van der Waals surface area contributed by atoms with Crippen molar-refractivity contribution in [2.45, 2.75) is 0 Å². The van der Waals surface area contributed by atoms with Gasteiger partial charge in [-0.15, -0.1) is 0 Å². The molecule has 118 valence electrons. The van der Waals surface area contributed by atoms with E-state index in [1.54, 1.807) is 47.5 Å². The van der Waals surface area contributed by atoms with E-state index in [4.69, 9.17) is 10.5 Å². The van der Waals surface area contributed by atoms with Crippen LogP contribution >= 0.6 is 0 Å². The number of pyridine rings is 1. The molecule has 1 aromatic heterocycles. The Labute approximate surface area is 133 Å². The lowest BCUT2D eigenvalue weighted by Gasteiger charge is -2.26. The summed E-state index contributed by atoms with van der Waals surface area (Å²) in [7, 11) is 0. The van der Waals surface area contributed by atoms with E-state index in [2.05, 4.69) is 4.98 Å². The molecule has 0 radical (unpaired) electrons. The van der Waals surface area contributed by atoms with Gasteiger partial charge in [-0.2, -0.15) is 0 Å². The van der Waals surface area contributed by atoms with Crippen LogP contribution in [0.2, 0.25) is 0 Å². The molecule has 2 heterocycles. The lowest BCUT2D eigenvalue weighted by atomic mass is 10.0. The summed E-state index contributed by atoms with van der Waals surface area (Å²) in [5, 5.41) is 0. The van der Waals surface area contributed by atoms with Crippen LogP contribution in [0, 0.1) is 0 Å². The van der Waals surface area contributed by atoms with E-state index in [9.17, 15) is 9.59 Å². The van der Waals surface area contributed by atoms with E-state index >= 15 is 0 Å². The molecule has 23 heavy (non-hydrogen) atoms. The molecule has 2 N–H and O–H groups in total. The molecular formula is C17H17N3O3. The van der Waals surface area contributed by atoms with Crippen molar-refractivity contribution in [1.82, 2.24) is 9.88 Å². The van der Waals surface area contributed by atoms with Gasteiger partial charge >= 0.3 is 0 Å². The number of primary amides is 1. The predicted molar refractivity (Wildman–Crippen MR) is 84.9 cm³/mol. The fourth-order valence-electron chi connectivity index (χ4n) is 2.55. The van der Waals surface area contributed by atoms with Crippen molar-refractivity contribution in [2.75, 3.05) is 26.3 Å². The summed E-state index contributed by atoms with van der Waals surface area (Å²) in [6, 6.07) is 10.3. The van der Waals surface area contributed by atoms with Crippen molar-refractivity contribution in [3.05, 3.63) is 53.7 Å². The highest BCUT2D eigenvalue weighted by molar-refractivity contribution is 5.99. The van der Waals surface area contributed by atoms with Gasteiger partial charge in [0.15, 0.2) is 0 Å². The zero-order valence-electron chi connectivity index (χ0n) is 12.6. The van der Waals surface area contributed by atoms with Crippen LogP contribution in [0.4, 0.5) is 0 Å². The first-order valence-corrected chi connectivity index (χ1v) is 7.39. The predicted octanol–water partition coefficient (Wildman–Crippen LogP) is 1.32. The van der Waals surface area contributed by atoms with E-state index in [0.717, 1.165) is 5.56 Å². The minimum Gasteiger partial charge on any atom is -0.378 e. The molecule has 0 atom stereocenters. The number of carbonyl (C=O) groups excluding carboxylic acids is 2. The maximum atomic E-state index is 12.4. The Morgan fingerprint density at radius 2 is 1.78 bits per heavy atom. The summed E-state index contributed by atoms with van der Waals surface area (Å²) in [4.78, 5) is 29.9. The molecule has 6 nitrogen and oxygen atoms in total. The molecule has 1 saturated heterocycles. The number of morpholine rings is 1. The number of rotatable bonds is 3. The minimum absolute atomic E-state index is 0.0176. The first-order valence-electron chi connectivity index (χ1n) is 7.39. The van der Waals surface area contributed by atoms with Crippen molar-refractivity contribution in [1.29, 1.82) is 0 Å². The first kappa shape index (κ1) is 15.2. The number of carbonyl (C=O) groups is 2. The Bertz CT molecular complexity index is 722. The molecular weight excluding hydrogens is 294 g/mol. The molecule has 0 aliphatic carbocycles. The van der Waals surface area contributed by atoms with Crippen LogP contribution in [0.5, 0.6) is 0 Å². The highest BCUT2D eigenvalue weighted by Crippen LogP contribution is 2.22. The third-order valence-electron chi connectivity index (χ3n) is 3.78. The van der Waals surface area contributed by atoms with Gasteiger partial charge in [0.05, 0.1) is 24.5 Å². The van der Waals surface area contributed by atoms with Crippen LogP contribution in [-0.4, -0.2) is 48.0 Å². The molecule has 1 aliphatic heterocycles. The molecule has 6 heteroatoms. The standard InChI is InChI=1S/C17H17N3O3/c18-16(21)14-2-1-7-19-15(14)12-3-5-13(6-4-12)17(22)20-8-10-23-11-9-20/h1-7H,8-11H2,(H2,18,21). The maximum Gasteiger partial charge on any atom is 0.254 e. The Morgan fingerprint density at radius 3 is 2.43 bits per heavy atom. The topological polar surface area (TPSA) is 85.5 Å². The summed E-state index contributed by atoms with van der Waals surface area (Å²) in [6.07, 6.45) is 1.61. The third-order valence-corrected chi connectivity index (χ3v) is 3.78.